The van der Waals surface area contributed by atoms with Crippen LogP contribution in [0.5, 0.6) is 0 Å². The van der Waals surface area contributed by atoms with E-state index in [4.69, 9.17) is 4.42 Å². The summed E-state index contributed by atoms with van der Waals surface area (Å²) in [6.07, 6.45) is -0.161. The number of benzene rings is 1. The first-order valence-electron chi connectivity index (χ1n) is 6.11. The summed E-state index contributed by atoms with van der Waals surface area (Å²) in [7, 11) is 0. The van der Waals surface area contributed by atoms with E-state index < -0.39 is 11.7 Å². The number of hydrogen-bond acceptors (Lipinski definition) is 2. The minimum Gasteiger partial charge on any atom is -0.467 e. The third kappa shape index (κ3) is 4.52. The highest BCUT2D eigenvalue weighted by atomic mass is 19.4. The van der Waals surface area contributed by atoms with Gasteiger partial charge < -0.3 is 9.73 Å². The predicted molar refractivity (Wildman–Crippen MR) is 71.0 cm³/mol. The number of hydrogen-bond donors (Lipinski definition) is 1. The van der Waals surface area contributed by atoms with Crippen molar-refractivity contribution >= 4 is 12.0 Å². The number of halogens is 3. The Labute approximate surface area is 119 Å². The fourth-order valence-electron chi connectivity index (χ4n) is 1.60. The number of rotatable bonds is 4. The Balaban J connectivity index is 1.90. The average molecular weight is 295 g/mol. The Hall–Kier alpha value is -2.50. The zero-order chi connectivity index (χ0) is 15.3. The molecule has 1 aromatic carbocycles. The van der Waals surface area contributed by atoms with E-state index in [0.29, 0.717) is 11.3 Å². The van der Waals surface area contributed by atoms with Crippen LogP contribution >= 0.6 is 0 Å². The van der Waals surface area contributed by atoms with E-state index in [1.165, 1.54) is 30.5 Å². The number of furan rings is 1. The second-order valence-corrected chi connectivity index (χ2v) is 4.25. The van der Waals surface area contributed by atoms with Crippen LogP contribution in [0.2, 0.25) is 0 Å². The second kappa shape index (κ2) is 6.30. The minimum absolute atomic E-state index is 0.253. The van der Waals surface area contributed by atoms with Gasteiger partial charge in [0.1, 0.15) is 5.76 Å². The van der Waals surface area contributed by atoms with Gasteiger partial charge in [0.05, 0.1) is 18.4 Å². The molecule has 1 heterocycles. The molecule has 21 heavy (non-hydrogen) atoms. The number of carbonyl (C=O) groups is 1. The fourth-order valence-corrected chi connectivity index (χ4v) is 1.60. The number of alkyl halides is 3. The van der Waals surface area contributed by atoms with Crippen molar-refractivity contribution in [2.45, 2.75) is 12.7 Å². The van der Waals surface area contributed by atoms with Gasteiger partial charge in [-0.1, -0.05) is 12.1 Å². The molecule has 0 saturated carbocycles. The smallest absolute Gasteiger partial charge is 0.416 e. The number of amides is 1. The zero-order valence-corrected chi connectivity index (χ0v) is 10.9. The molecule has 0 bridgehead atoms. The molecule has 1 N–H and O–H groups in total. The summed E-state index contributed by atoms with van der Waals surface area (Å²) in [6.45, 7) is 0.253. The Kier molecular flexibility index (Phi) is 4.47. The maximum Gasteiger partial charge on any atom is 0.416 e. The zero-order valence-electron chi connectivity index (χ0n) is 10.9. The molecule has 0 atom stereocenters. The predicted octanol–water partition coefficient (Wildman–Crippen LogP) is 3.63. The number of nitrogens with one attached hydrogen (secondary N) is 1. The van der Waals surface area contributed by atoms with E-state index in [1.54, 1.807) is 12.1 Å². The van der Waals surface area contributed by atoms with Gasteiger partial charge in [0.2, 0.25) is 5.91 Å². The van der Waals surface area contributed by atoms with E-state index in [-0.39, 0.29) is 12.5 Å². The van der Waals surface area contributed by atoms with Crippen LogP contribution in [-0.2, 0) is 17.5 Å². The first kappa shape index (κ1) is 14.9. The summed E-state index contributed by atoms with van der Waals surface area (Å²) in [4.78, 5) is 11.5. The van der Waals surface area contributed by atoms with Crippen LogP contribution in [0.3, 0.4) is 0 Å². The van der Waals surface area contributed by atoms with Gasteiger partial charge in [0.15, 0.2) is 0 Å². The van der Waals surface area contributed by atoms with Crippen LogP contribution < -0.4 is 5.32 Å². The summed E-state index contributed by atoms with van der Waals surface area (Å²) >= 11 is 0. The molecule has 0 aliphatic rings. The lowest BCUT2D eigenvalue weighted by molar-refractivity contribution is -0.137. The lowest BCUT2D eigenvalue weighted by atomic mass is 10.1. The minimum atomic E-state index is -4.36. The molecule has 0 saturated heterocycles. The summed E-state index contributed by atoms with van der Waals surface area (Å²) in [5.74, 6) is 0.262. The molecule has 0 unspecified atom stereocenters. The van der Waals surface area contributed by atoms with E-state index in [9.17, 15) is 18.0 Å². The molecule has 2 rings (SSSR count). The summed E-state index contributed by atoms with van der Waals surface area (Å²) in [6, 6.07) is 7.98. The van der Waals surface area contributed by atoms with Gasteiger partial charge in [0, 0.05) is 6.08 Å². The van der Waals surface area contributed by atoms with Crippen molar-refractivity contribution in [3.63, 3.8) is 0 Å². The average Bonchev–Trinajstić information content (AvgIpc) is 2.95. The van der Waals surface area contributed by atoms with Gasteiger partial charge in [-0.15, -0.1) is 0 Å². The van der Waals surface area contributed by atoms with Gasteiger partial charge in [-0.25, -0.2) is 0 Å². The Morgan fingerprint density at radius 1 is 1.19 bits per heavy atom. The monoisotopic (exact) mass is 295 g/mol. The topological polar surface area (TPSA) is 42.2 Å². The van der Waals surface area contributed by atoms with E-state index in [1.807, 2.05) is 0 Å². The standard InChI is InChI=1S/C15H12F3NO2/c16-15(17,18)12-6-3-11(4-7-12)5-8-14(20)19-10-13-2-1-9-21-13/h1-9H,10H2,(H,19,20). The normalized spacial score (nSPS) is 11.8. The van der Waals surface area contributed by atoms with Gasteiger partial charge in [-0.3, -0.25) is 4.79 Å². The Bertz CT molecular complexity index is 613. The molecule has 0 spiro atoms. The Morgan fingerprint density at radius 3 is 2.48 bits per heavy atom. The highest BCUT2D eigenvalue weighted by Crippen LogP contribution is 2.29. The molecule has 0 fully saturated rings. The Morgan fingerprint density at radius 2 is 1.90 bits per heavy atom. The molecule has 0 aliphatic heterocycles. The lowest BCUT2D eigenvalue weighted by Gasteiger charge is -2.05. The second-order valence-electron chi connectivity index (χ2n) is 4.25. The van der Waals surface area contributed by atoms with Crippen molar-refractivity contribution in [1.29, 1.82) is 0 Å². The van der Waals surface area contributed by atoms with Crippen molar-refractivity contribution in [2.24, 2.45) is 0 Å². The molecule has 2 aromatic rings. The van der Waals surface area contributed by atoms with Gasteiger partial charge >= 0.3 is 6.18 Å². The first-order chi connectivity index (χ1) is 9.95. The first-order valence-corrected chi connectivity index (χ1v) is 6.11. The van der Waals surface area contributed by atoms with Crippen LogP contribution in [-0.4, -0.2) is 5.91 Å². The van der Waals surface area contributed by atoms with Crippen molar-refractivity contribution in [3.8, 4) is 0 Å². The van der Waals surface area contributed by atoms with Crippen LogP contribution in [0.1, 0.15) is 16.9 Å². The van der Waals surface area contributed by atoms with Crippen molar-refractivity contribution in [3.05, 3.63) is 65.6 Å². The highest BCUT2D eigenvalue weighted by Gasteiger charge is 2.29. The van der Waals surface area contributed by atoms with Crippen LogP contribution in [0, 0.1) is 0 Å². The molecule has 1 amide bonds. The largest absolute Gasteiger partial charge is 0.467 e. The molecule has 110 valence electrons. The van der Waals surface area contributed by atoms with E-state index in [0.717, 1.165) is 12.1 Å². The molecular weight excluding hydrogens is 283 g/mol. The van der Waals surface area contributed by atoms with Crippen molar-refractivity contribution in [1.82, 2.24) is 5.32 Å². The number of carbonyl (C=O) groups excluding carboxylic acids is 1. The maximum absolute atomic E-state index is 12.4. The SMILES string of the molecule is O=C(C=Cc1ccc(C(F)(F)F)cc1)NCc1ccco1. The lowest BCUT2D eigenvalue weighted by Crippen LogP contribution is -2.19. The van der Waals surface area contributed by atoms with Crippen molar-refractivity contribution in [2.75, 3.05) is 0 Å². The van der Waals surface area contributed by atoms with Crippen molar-refractivity contribution < 1.29 is 22.4 Å². The maximum atomic E-state index is 12.4. The van der Waals surface area contributed by atoms with Gasteiger partial charge in [-0.2, -0.15) is 13.2 Å². The highest BCUT2D eigenvalue weighted by molar-refractivity contribution is 5.91. The van der Waals surface area contributed by atoms with E-state index in [2.05, 4.69) is 5.32 Å². The molecule has 6 heteroatoms. The molecular formula is C15H12F3NO2. The molecule has 0 aliphatic carbocycles. The third-order valence-corrected chi connectivity index (χ3v) is 2.68. The van der Waals surface area contributed by atoms with Crippen LogP contribution in [0.4, 0.5) is 13.2 Å². The summed E-state index contributed by atoms with van der Waals surface area (Å²) in [5.41, 5.74) is -0.210. The van der Waals surface area contributed by atoms with Gasteiger partial charge in [-0.05, 0) is 35.9 Å². The quantitative estimate of drug-likeness (QED) is 0.875. The van der Waals surface area contributed by atoms with E-state index >= 15 is 0 Å². The molecule has 0 radical (unpaired) electrons. The fraction of sp³-hybridized carbons (Fsp3) is 0.133. The third-order valence-electron chi connectivity index (χ3n) is 2.68. The summed E-state index contributed by atoms with van der Waals surface area (Å²) < 4.78 is 42.2. The summed E-state index contributed by atoms with van der Waals surface area (Å²) in [5, 5.41) is 2.59. The van der Waals surface area contributed by atoms with Crippen LogP contribution in [0.25, 0.3) is 6.08 Å². The van der Waals surface area contributed by atoms with Crippen LogP contribution in [0.15, 0.2) is 53.2 Å². The van der Waals surface area contributed by atoms with Gasteiger partial charge in [0.25, 0.3) is 0 Å². The molecule has 3 nitrogen and oxygen atoms in total. The molecule has 1 aromatic heterocycles.